The maximum atomic E-state index is 5.39. The molecule has 1 radical (unpaired) electrons. The molecule has 0 aromatic heterocycles. The molecule has 0 N–H and O–H groups in total. The van der Waals surface area contributed by atoms with Gasteiger partial charge in [-0.15, -0.1) is 0 Å². The van der Waals surface area contributed by atoms with Crippen molar-refractivity contribution in [1.82, 2.24) is 0 Å². The molecule has 0 bridgehead atoms. The third-order valence-corrected chi connectivity index (χ3v) is 3.05. The second-order valence-corrected chi connectivity index (χ2v) is 4.16. The Bertz CT molecular complexity index is 576. The molecule has 0 aliphatic heterocycles. The van der Waals surface area contributed by atoms with E-state index in [9.17, 15) is 0 Å². The summed E-state index contributed by atoms with van der Waals surface area (Å²) in [5.41, 5.74) is 3.19. The Morgan fingerprint density at radius 3 is 2.26 bits per heavy atom. The Morgan fingerprint density at radius 1 is 0.895 bits per heavy atom. The van der Waals surface area contributed by atoms with Gasteiger partial charge in [0.2, 0.25) is 0 Å². The van der Waals surface area contributed by atoms with Gasteiger partial charge in [-0.05, 0) is 42.3 Å². The highest BCUT2D eigenvalue weighted by Crippen LogP contribution is 2.36. The van der Waals surface area contributed by atoms with Crippen LogP contribution < -0.4 is 14.2 Å². The molecule has 2 aromatic carbocycles. The minimum Gasteiger partial charge on any atom is -0.497 e. The lowest BCUT2D eigenvalue weighted by Crippen LogP contribution is -1.93. The van der Waals surface area contributed by atoms with Crippen molar-refractivity contribution in [3.63, 3.8) is 0 Å². The normalized spacial score (nSPS) is 10.1. The second kappa shape index (κ2) is 5.65. The molecule has 0 unspecified atom stereocenters. The van der Waals surface area contributed by atoms with E-state index in [-0.39, 0.29) is 0 Å². The highest BCUT2D eigenvalue weighted by atomic mass is 16.5. The summed E-state index contributed by atoms with van der Waals surface area (Å²) in [7, 11) is 4.94. The molecule has 0 aliphatic rings. The van der Waals surface area contributed by atoms with E-state index in [2.05, 4.69) is 6.07 Å². The summed E-state index contributed by atoms with van der Waals surface area (Å²) < 4.78 is 15.8. The zero-order valence-electron chi connectivity index (χ0n) is 11.6. The first-order valence-electron chi connectivity index (χ1n) is 5.98. The van der Waals surface area contributed by atoms with Crippen LogP contribution in [0.5, 0.6) is 17.2 Å². The molecular weight excluding hydrogens is 240 g/mol. The van der Waals surface area contributed by atoms with Crippen LogP contribution in [-0.2, 0) is 0 Å². The van der Waals surface area contributed by atoms with Gasteiger partial charge < -0.3 is 14.2 Å². The number of rotatable bonds is 4. The molecule has 2 aromatic rings. The third kappa shape index (κ3) is 2.65. The summed E-state index contributed by atoms with van der Waals surface area (Å²) in [6.07, 6.45) is 0. The summed E-state index contributed by atoms with van der Waals surface area (Å²) in [5.74, 6) is 2.30. The van der Waals surface area contributed by atoms with Gasteiger partial charge >= 0.3 is 0 Å². The van der Waals surface area contributed by atoms with Crippen LogP contribution >= 0.6 is 0 Å². The molecule has 3 heteroatoms. The standard InChI is InChI=1S/C16H17O3/c1-11-9-12(17-2)5-7-14(11)15-10-13(18-3)6-8-16(15)19-4/h5,7-10H,1-4H3. The van der Waals surface area contributed by atoms with Crippen LogP contribution in [0.3, 0.4) is 0 Å². The fourth-order valence-corrected chi connectivity index (χ4v) is 2.02. The van der Waals surface area contributed by atoms with Gasteiger partial charge in [-0.25, -0.2) is 0 Å². The monoisotopic (exact) mass is 257 g/mol. The molecule has 99 valence electrons. The van der Waals surface area contributed by atoms with E-state index in [4.69, 9.17) is 14.2 Å². The largest absolute Gasteiger partial charge is 0.497 e. The van der Waals surface area contributed by atoms with E-state index in [1.54, 1.807) is 27.4 Å². The average Bonchev–Trinajstić information content (AvgIpc) is 2.46. The molecule has 0 saturated heterocycles. The van der Waals surface area contributed by atoms with Crippen molar-refractivity contribution >= 4 is 0 Å². The first-order valence-corrected chi connectivity index (χ1v) is 5.98. The Labute approximate surface area is 113 Å². The van der Waals surface area contributed by atoms with Crippen LogP contribution in [-0.4, -0.2) is 21.3 Å². The van der Waals surface area contributed by atoms with Crippen molar-refractivity contribution in [2.75, 3.05) is 21.3 Å². The number of ether oxygens (including phenoxy) is 3. The highest BCUT2D eigenvalue weighted by Gasteiger charge is 2.10. The van der Waals surface area contributed by atoms with Crippen LogP contribution in [0.1, 0.15) is 5.56 Å². The maximum Gasteiger partial charge on any atom is 0.127 e. The minimum atomic E-state index is 0.686. The number of hydrogen-bond acceptors (Lipinski definition) is 3. The molecule has 3 nitrogen and oxygen atoms in total. The molecule has 2 rings (SSSR count). The smallest absolute Gasteiger partial charge is 0.127 e. The lowest BCUT2D eigenvalue weighted by Gasteiger charge is -2.13. The molecule has 19 heavy (non-hydrogen) atoms. The van der Waals surface area contributed by atoms with E-state index in [0.717, 1.165) is 28.2 Å². The minimum absolute atomic E-state index is 0.686. The number of hydrogen-bond donors (Lipinski definition) is 0. The van der Waals surface area contributed by atoms with E-state index in [1.807, 2.05) is 31.2 Å². The molecule has 0 saturated carbocycles. The molecule has 0 atom stereocenters. The first kappa shape index (κ1) is 13.3. The lowest BCUT2D eigenvalue weighted by atomic mass is 9.99. The van der Waals surface area contributed by atoms with Crippen molar-refractivity contribution in [1.29, 1.82) is 0 Å². The van der Waals surface area contributed by atoms with E-state index in [1.165, 1.54) is 0 Å². The SMILES string of the molecule is COc1[c]cc(OC)c(-c2ccc(OC)cc2C)c1. The molecule has 0 amide bonds. The molecule has 0 aliphatic carbocycles. The number of methoxy groups -OCH3 is 3. The summed E-state index contributed by atoms with van der Waals surface area (Å²) in [6.45, 7) is 2.04. The first-order chi connectivity index (χ1) is 9.19. The van der Waals surface area contributed by atoms with Crippen LogP contribution in [0, 0.1) is 13.0 Å². The van der Waals surface area contributed by atoms with Gasteiger partial charge in [0.1, 0.15) is 17.2 Å². The quantitative estimate of drug-likeness (QED) is 0.839. The summed E-state index contributed by atoms with van der Waals surface area (Å²) in [4.78, 5) is 0. The van der Waals surface area contributed by atoms with E-state index in [0.29, 0.717) is 5.75 Å². The predicted molar refractivity (Wildman–Crippen MR) is 75.1 cm³/mol. The number of aryl methyl sites for hydroxylation is 1. The summed E-state index contributed by atoms with van der Waals surface area (Å²) in [5, 5.41) is 0. The van der Waals surface area contributed by atoms with Gasteiger partial charge in [-0.2, -0.15) is 0 Å². The van der Waals surface area contributed by atoms with E-state index < -0.39 is 0 Å². The molecular formula is C16H17O3. The van der Waals surface area contributed by atoms with Gasteiger partial charge in [-0.1, -0.05) is 6.07 Å². The Kier molecular flexibility index (Phi) is 3.95. The zero-order valence-corrected chi connectivity index (χ0v) is 11.6. The average molecular weight is 257 g/mol. The van der Waals surface area contributed by atoms with Crippen molar-refractivity contribution in [2.45, 2.75) is 6.92 Å². The van der Waals surface area contributed by atoms with Gasteiger partial charge in [-0.3, -0.25) is 0 Å². The van der Waals surface area contributed by atoms with Crippen LogP contribution in [0.15, 0.2) is 30.3 Å². The fraction of sp³-hybridized carbons (Fsp3) is 0.250. The highest BCUT2D eigenvalue weighted by molar-refractivity contribution is 5.75. The Balaban J connectivity index is 2.56. The van der Waals surface area contributed by atoms with Crippen molar-refractivity contribution < 1.29 is 14.2 Å². The maximum absolute atomic E-state index is 5.39. The van der Waals surface area contributed by atoms with Gasteiger partial charge in [0.15, 0.2) is 0 Å². The lowest BCUT2D eigenvalue weighted by molar-refractivity contribution is 0.403. The summed E-state index contributed by atoms with van der Waals surface area (Å²) >= 11 is 0. The van der Waals surface area contributed by atoms with Crippen molar-refractivity contribution in [3.8, 4) is 28.4 Å². The molecule has 0 fully saturated rings. The molecule has 0 spiro atoms. The predicted octanol–water partition coefficient (Wildman–Crippen LogP) is 3.49. The Morgan fingerprint density at radius 2 is 1.68 bits per heavy atom. The Hall–Kier alpha value is -2.16. The molecule has 0 heterocycles. The van der Waals surface area contributed by atoms with Crippen molar-refractivity contribution in [2.24, 2.45) is 0 Å². The van der Waals surface area contributed by atoms with Crippen LogP contribution in [0.2, 0.25) is 0 Å². The fourth-order valence-electron chi connectivity index (χ4n) is 2.02. The topological polar surface area (TPSA) is 27.7 Å². The third-order valence-electron chi connectivity index (χ3n) is 3.05. The van der Waals surface area contributed by atoms with E-state index >= 15 is 0 Å². The van der Waals surface area contributed by atoms with Gasteiger partial charge in [0.05, 0.1) is 21.3 Å². The van der Waals surface area contributed by atoms with Crippen molar-refractivity contribution in [3.05, 3.63) is 42.0 Å². The second-order valence-electron chi connectivity index (χ2n) is 4.16. The zero-order chi connectivity index (χ0) is 13.8. The van der Waals surface area contributed by atoms with Gasteiger partial charge in [0, 0.05) is 11.6 Å². The number of benzene rings is 2. The summed E-state index contributed by atoms with van der Waals surface area (Å²) in [6, 6.07) is 12.7. The van der Waals surface area contributed by atoms with Crippen LogP contribution in [0.25, 0.3) is 11.1 Å². The van der Waals surface area contributed by atoms with Crippen LogP contribution in [0.4, 0.5) is 0 Å². The van der Waals surface area contributed by atoms with Gasteiger partial charge in [0.25, 0.3) is 0 Å².